The number of carbonyl (C=O) groups excluding carboxylic acids is 3. The predicted octanol–water partition coefficient (Wildman–Crippen LogP) is 0.128. The van der Waals surface area contributed by atoms with E-state index in [1.54, 1.807) is 21.9 Å². The molecule has 11 heteroatoms. The number of nitrogens with one attached hydrogen (secondary N) is 3. The number of rotatable bonds is 4. The zero-order valence-electron chi connectivity index (χ0n) is 19.2. The van der Waals surface area contributed by atoms with Crippen molar-refractivity contribution in [3.05, 3.63) is 59.4 Å². The number of hydrogen-bond acceptors (Lipinski definition) is 7. The molecule has 4 heterocycles. The molecule has 2 aromatic rings. The van der Waals surface area contributed by atoms with Crippen LogP contribution in [0.5, 0.6) is 0 Å². The van der Waals surface area contributed by atoms with Gasteiger partial charge in [0, 0.05) is 50.7 Å². The number of nitrogens with zero attached hydrogens (tertiary/aromatic N) is 4. The van der Waals surface area contributed by atoms with Gasteiger partial charge >= 0.3 is 0 Å². The second-order valence-electron chi connectivity index (χ2n) is 9.16. The van der Waals surface area contributed by atoms with Gasteiger partial charge in [-0.2, -0.15) is 0 Å². The molecule has 5 rings (SSSR count). The Morgan fingerprint density at radius 3 is 2.60 bits per heavy atom. The molecule has 184 valence electrons. The number of piperidine rings is 1. The minimum atomic E-state index is -0.574. The number of aromatic nitrogens is 2. The Morgan fingerprint density at radius 2 is 1.86 bits per heavy atom. The van der Waals surface area contributed by atoms with Crippen molar-refractivity contribution in [3.63, 3.8) is 0 Å². The number of amides is 3. The van der Waals surface area contributed by atoms with Gasteiger partial charge in [0.05, 0.1) is 17.7 Å². The maximum atomic E-state index is 14.7. The Balaban J connectivity index is 1.24. The molecule has 0 bridgehead atoms. The maximum Gasteiger partial charge on any atom is 0.274 e. The van der Waals surface area contributed by atoms with Gasteiger partial charge < -0.3 is 15.1 Å². The number of fused-ring (bicyclic) bond motifs is 1. The van der Waals surface area contributed by atoms with Gasteiger partial charge in [-0.05, 0) is 43.5 Å². The Kier molecular flexibility index (Phi) is 6.69. The molecule has 3 aliphatic rings. The third-order valence-electron chi connectivity index (χ3n) is 7.01. The minimum absolute atomic E-state index is 0.00893. The van der Waals surface area contributed by atoms with Crippen LogP contribution in [0, 0.1) is 11.7 Å². The average Bonchev–Trinajstić information content (AvgIpc) is 2.91. The molecular formula is C24H28FN7O3. The fourth-order valence-electron chi connectivity index (χ4n) is 5.13. The number of benzene rings is 1. The summed E-state index contributed by atoms with van der Waals surface area (Å²) in [5.41, 5.74) is 6.92. The van der Waals surface area contributed by atoms with Crippen molar-refractivity contribution in [3.8, 4) is 0 Å². The second kappa shape index (κ2) is 10.0. The summed E-state index contributed by atoms with van der Waals surface area (Å²) in [6.07, 6.45) is 6.70. The summed E-state index contributed by atoms with van der Waals surface area (Å²) >= 11 is 0. The third kappa shape index (κ3) is 4.87. The van der Waals surface area contributed by atoms with Crippen LogP contribution in [0.3, 0.4) is 0 Å². The predicted molar refractivity (Wildman–Crippen MR) is 124 cm³/mol. The average molecular weight is 482 g/mol. The second-order valence-corrected chi connectivity index (χ2v) is 9.16. The summed E-state index contributed by atoms with van der Waals surface area (Å²) in [5.74, 6) is -1.31. The van der Waals surface area contributed by atoms with E-state index in [0.29, 0.717) is 32.6 Å². The van der Waals surface area contributed by atoms with E-state index in [0.717, 1.165) is 24.9 Å². The standard InChI is InChI=1S/C24H28FN7O3/c25-18-4-3-15(13-19-21-16(2-1-5-28-21)22(33)30-29-19)12-17(18)23(34)31-8-10-32(11-9-31)24(35)20-14-26-6-7-27-20/h3-4,6-7,12,14,16,19,21,28-29H,1-2,5,8-11,13H2,(H,30,33). The van der Waals surface area contributed by atoms with Crippen molar-refractivity contribution < 1.29 is 18.8 Å². The number of hydrazine groups is 1. The van der Waals surface area contributed by atoms with E-state index in [1.807, 2.05) is 0 Å². The molecule has 35 heavy (non-hydrogen) atoms. The third-order valence-corrected chi connectivity index (χ3v) is 7.01. The number of halogens is 1. The van der Waals surface area contributed by atoms with Gasteiger partial charge in [-0.15, -0.1) is 0 Å². The molecule has 3 unspecified atom stereocenters. The van der Waals surface area contributed by atoms with Gasteiger partial charge in [0.2, 0.25) is 5.91 Å². The van der Waals surface area contributed by atoms with Crippen LogP contribution >= 0.6 is 0 Å². The fraction of sp³-hybridized carbons (Fsp3) is 0.458. The topological polar surface area (TPSA) is 120 Å². The van der Waals surface area contributed by atoms with Crippen molar-refractivity contribution in [2.75, 3.05) is 32.7 Å². The van der Waals surface area contributed by atoms with E-state index >= 15 is 0 Å². The van der Waals surface area contributed by atoms with Crippen LogP contribution in [0.25, 0.3) is 0 Å². The lowest BCUT2D eigenvalue weighted by molar-refractivity contribution is -0.131. The molecule has 3 amide bonds. The molecule has 1 aromatic heterocycles. The monoisotopic (exact) mass is 481 g/mol. The number of carbonyl (C=O) groups is 3. The van der Waals surface area contributed by atoms with Crippen molar-refractivity contribution >= 4 is 17.7 Å². The molecule has 0 spiro atoms. The summed E-state index contributed by atoms with van der Waals surface area (Å²) in [4.78, 5) is 49.1. The Bertz CT molecular complexity index is 1110. The van der Waals surface area contributed by atoms with E-state index in [2.05, 4.69) is 26.1 Å². The number of piperazine rings is 1. The number of hydrogen-bond donors (Lipinski definition) is 3. The first-order valence-electron chi connectivity index (χ1n) is 11.9. The lowest BCUT2D eigenvalue weighted by Gasteiger charge is -2.41. The van der Waals surface area contributed by atoms with Crippen LogP contribution in [0.2, 0.25) is 0 Å². The van der Waals surface area contributed by atoms with E-state index in [-0.39, 0.29) is 41.1 Å². The van der Waals surface area contributed by atoms with Crippen LogP contribution in [-0.4, -0.2) is 82.3 Å². The molecule has 1 aromatic carbocycles. The van der Waals surface area contributed by atoms with Crippen molar-refractivity contribution in [1.29, 1.82) is 0 Å². The molecule has 3 atom stereocenters. The van der Waals surface area contributed by atoms with Crippen LogP contribution in [-0.2, 0) is 11.2 Å². The summed E-state index contributed by atoms with van der Waals surface area (Å²) in [7, 11) is 0. The maximum absolute atomic E-state index is 14.7. The summed E-state index contributed by atoms with van der Waals surface area (Å²) in [6.45, 7) is 2.13. The summed E-state index contributed by atoms with van der Waals surface area (Å²) in [6, 6.07) is 4.53. The van der Waals surface area contributed by atoms with Crippen LogP contribution in [0.1, 0.15) is 39.3 Å². The Morgan fingerprint density at radius 1 is 1.09 bits per heavy atom. The van der Waals surface area contributed by atoms with Gasteiger partial charge in [0.1, 0.15) is 11.5 Å². The zero-order chi connectivity index (χ0) is 24.4. The van der Waals surface area contributed by atoms with Gasteiger partial charge in [-0.25, -0.2) is 14.8 Å². The van der Waals surface area contributed by atoms with Gasteiger partial charge in [0.15, 0.2) is 0 Å². The molecular weight excluding hydrogens is 453 g/mol. The fourth-order valence-corrected chi connectivity index (χ4v) is 5.13. The van der Waals surface area contributed by atoms with Crippen molar-refractivity contribution in [2.45, 2.75) is 31.3 Å². The van der Waals surface area contributed by atoms with Crippen molar-refractivity contribution in [2.24, 2.45) is 5.92 Å². The first kappa shape index (κ1) is 23.3. The quantitative estimate of drug-likeness (QED) is 0.568. The van der Waals surface area contributed by atoms with Gasteiger partial charge in [-0.3, -0.25) is 24.8 Å². The van der Waals surface area contributed by atoms with E-state index < -0.39 is 11.7 Å². The largest absolute Gasteiger partial charge is 0.335 e. The normalized spacial score (nSPS) is 24.5. The van der Waals surface area contributed by atoms with Crippen molar-refractivity contribution in [1.82, 2.24) is 35.9 Å². The first-order valence-corrected chi connectivity index (χ1v) is 11.9. The molecule has 3 aliphatic heterocycles. The molecule has 0 saturated carbocycles. The van der Waals surface area contributed by atoms with E-state index in [1.165, 1.54) is 24.7 Å². The first-order chi connectivity index (χ1) is 17.0. The molecule has 3 N–H and O–H groups in total. The van der Waals surface area contributed by atoms with E-state index in [4.69, 9.17) is 0 Å². The zero-order valence-corrected chi connectivity index (χ0v) is 19.2. The highest BCUT2D eigenvalue weighted by atomic mass is 19.1. The summed E-state index contributed by atoms with van der Waals surface area (Å²) < 4.78 is 14.7. The lowest BCUT2D eigenvalue weighted by Crippen LogP contribution is -2.67. The van der Waals surface area contributed by atoms with Crippen LogP contribution < -0.4 is 16.2 Å². The Hall–Kier alpha value is -3.44. The van der Waals surface area contributed by atoms with E-state index in [9.17, 15) is 18.8 Å². The van der Waals surface area contributed by atoms with Crippen LogP contribution in [0.15, 0.2) is 36.8 Å². The van der Waals surface area contributed by atoms with Crippen LogP contribution in [0.4, 0.5) is 4.39 Å². The SMILES string of the molecule is O=C1NNC(Cc2ccc(F)c(C(=O)N3CCN(C(=O)c4cnccn4)CC3)c2)C2NCCCC12. The molecule has 3 fully saturated rings. The van der Waals surface area contributed by atoms with Gasteiger partial charge in [0.25, 0.3) is 11.8 Å². The highest BCUT2D eigenvalue weighted by Crippen LogP contribution is 2.24. The smallest absolute Gasteiger partial charge is 0.274 e. The lowest BCUT2D eigenvalue weighted by atomic mass is 9.82. The molecule has 0 radical (unpaired) electrons. The minimum Gasteiger partial charge on any atom is -0.335 e. The Labute approximate surface area is 202 Å². The highest BCUT2D eigenvalue weighted by Gasteiger charge is 2.40. The summed E-state index contributed by atoms with van der Waals surface area (Å²) in [5, 5.41) is 3.43. The highest BCUT2D eigenvalue weighted by molar-refractivity contribution is 5.95. The molecule has 10 nitrogen and oxygen atoms in total. The van der Waals surface area contributed by atoms with Gasteiger partial charge in [-0.1, -0.05) is 6.07 Å². The molecule has 0 aliphatic carbocycles. The molecule has 3 saturated heterocycles.